The van der Waals surface area contributed by atoms with E-state index in [9.17, 15) is 14.4 Å². The van der Waals surface area contributed by atoms with Crippen molar-refractivity contribution in [1.82, 2.24) is 4.90 Å². The van der Waals surface area contributed by atoms with Crippen LogP contribution in [-0.4, -0.2) is 42.3 Å². The van der Waals surface area contributed by atoms with Crippen molar-refractivity contribution in [3.05, 3.63) is 45.6 Å². The molecule has 0 bridgehead atoms. The van der Waals surface area contributed by atoms with E-state index in [1.54, 1.807) is 18.0 Å². The highest BCUT2D eigenvalue weighted by Crippen LogP contribution is 2.31. The lowest BCUT2D eigenvalue weighted by atomic mass is 10.1. The molecule has 1 aliphatic rings. The topological polar surface area (TPSA) is 69.7 Å². The van der Waals surface area contributed by atoms with E-state index in [0.717, 1.165) is 16.9 Å². The predicted molar refractivity (Wildman–Crippen MR) is 112 cm³/mol. The highest BCUT2D eigenvalue weighted by molar-refractivity contribution is 7.14. The van der Waals surface area contributed by atoms with Gasteiger partial charge in [0.05, 0.1) is 16.3 Å². The van der Waals surface area contributed by atoms with Crippen LogP contribution >= 0.6 is 11.3 Å². The summed E-state index contributed by atoms with van der Waals surface area (Å²) < 4.78 is 0. The molecule has 2 aromatic rings. The highest BCUT2D eigenvalue weighted by atomic mass is 32.1. The Labute approximate surface area is 169 Å². The van der Waals surface area contributed by atoms with Gasteiger partial charge in [-0.2, -0.15) is 0 Å². The summed E-state index contributed by atoms with van der Waals surface area (Å²) in [7, 11) is 1.64. The largest absolute Gasteiger partial charge is 0.332 e. The van der Waals surface area contributed by atoms with Gasteiger partial charge in [0.15, 0.2) is 0 Å². The van der Waals surface area contributed by atoms with E-state index in [4.69, 9.17) is 0 Å². The third-order valence-electron chi connectivity index (χ3n) is 4.96. The number of para-hydroxylation sites is 2. The molecular formula is C21H25N3O3S. The molecule has 0 radical (unpaired) electrons. The van der Waals surface area contributed by atoms with E-state index in [0.29, 0.717) is 16.3 Å². The van der Waals surface area contributed by atoms with E-state index in [1.807, 2.05) is 38.1 Å². The van der Waals surface area contributed by atoms with E-state index in [-0.39, 0.29) is 36.7 Å². The molecule has 6 nitrogen and oxygen atoms in total. The van der Waals surface area contributed by atoms with Gasteiger partial charge in [-0.25, -0.2) is 0 Å². The number of hydrogen-bond donors (Lipinski definition) is 1. The number of anilines is 2. The van der Waals surface area contributed by atoms with Crippen molar-refractivity contribution >= 4 is 40.4 Å². The Morgan fingerprint density at radius 1 is 1.32 bits per heavy atom. The molecule has 148 valence electrons. The number of carbonyl (C=O) groups excluding carboxylic acids is 3. The van der Waals surface area contributed by atoms with Crippen LogP contribution in [0, 0.1) is 6.92 Å². The molecule has 0 unspecified atom stereocenters. The Morgan fingerprint density at radius 2 is 2.04 bits per heavy atom. The molecule has 0 saturated carbocycles. The quantitative estimate of drug-likeness (QED) is 0.856. The van der Waals surface area contributed by atoms with Crippen molar-refractivity contribution in [1.29, 1.82) is 0 Å². The highest BCUT2D eigenvalue weighted by Gasteiger charge is 2.31. The first-order valence-corrected chi connectivity index (χ1v) is 10.2. The molecule has 1 aliphatic heterocycles. The average molecular weight is 400 g/mol. The van der Waals surface area contributed by atoms with Gasteiger partial charge in [-0.05, 0) is 44.0 Å². The van der Waals surface area contributed by atoms with Crippen molar-refractivity contribution in [3.63, 3.8) is 0 Å². The number of hydrogen-bond acceptors (Lipinski definition) is 4. The number of nitrogens with zero attached hydrogens (tertiary/aromatic N) is 2. The number of amides is 3. The summed E-state index contributed by atoms with van der Waals surface area (Å²) in [6.45, 7) is 5.86. The Kier molecular flexibility index (Phi) is 5.84. The number of rotatable bonds is 4. The fourth-order valence-electron chi connectivity index (χ4n) is 3.48. The zero-order valence-electron chi connectivity index (χ0n) is 16.6. The zero-order valence-corrected chi connectivity index (χ0v) is 17.4. The Morgan fingerprint density at radius 3 is 2.71 bits per heavy atom. The van der Waals surface area contributed by atoms with Gasteiger partial charge in [-0.3, -0.25) is 14.4 Å². The summed E-state index contributed by atoms with van der Waals surface area (Å²) >= 11 is 1.46. The van der Waals surface area contributed by atoms with Gasteiger partial charge in [0.25, 0.3) is 5.91 Å². The molecule has 1 aromatic heterocycles. The zero-order chi connectivity index (χ0) is 20.4. The lowest BCUT2D eigenvalue weighted by Gasteiger charge is -2.29. The molecule has 28 heavy (non-hydrogen) atoms. The van der Waals surface area contributed by atoms with Gasteiger partial charge < -0.3 is 15.1 Å². The number of benzene rings is 1. The van der Waals surface area contributed by atoms with Gasteiger partial charge in [0.1, 0.15) is 6.54 Å². The molecular weight excluding hydrogens is 374 g/mol. The average Bonchev–Trinajstić information content (AvgIpc) is 2.96. The molecule has 1 N–H and O–H groups in total. The minimum atomic E-state index is -0.296. The first-order chi connectivity index (χ1) is 13.3. The molecule has 0 aliphatic carbocycles. The van der Waals surface area contributed by atoms with Crippen LogP contribution in [0.2, 0.25) is 0 Å². The van der Waals surface area contributed by atoms with Crippen molar-refractivity contribution < 1.29 is 14.4 Å². The summed E-state index contributed by atoms with van der Waals surface area (Å²) in [4.78, 5) is 42.8. The molecule has 3 rings (SSSR count). The fraction of sp³-hybridized carbons (Fsp3) is 0.381. The number of nitrogens with one attached hydrogen (secondary N) is 1. The second-order valence-corrected chi connectivity index (χ2v) is 8.35. The second kappa shape index (κ2) is 8.14. The second-order valence-electron chi connectivity index (χ2n) is 7.09. The van der Waals surface area contributed by atoms with Crippen LogP contribution in [0.3, 0.4) is 0 Å². The molecule has 2 heterocycles. The van der Waals surface area contributed by atoms with Crippen LogP contribution in [0.4, 0.5) is 11.4 Å². The first kappa shape index (κ1) is 20.1. The third-order valence-corrected chi connectivity index (χ3v) is 6.04. The Hall–Kier alpha value is -2.67. The monoisotopic (exact) mass is 399 g/mol. The SMILES string of the molecule is CCc1cc(C(=O)N(C)CC(=O)N2c3ccccc3NC(=O)C[C@H]2C)sc1C. The molecule has 1 aromatic carbocycles. The van der Waals surface area contributed by atoms with E-state index < -0.39 is 0 Å². The van der Waals surface area contributed by atoms with Crippen molar-refractivity contribution in [2.45, 2.75) is 39.7 Å². The summed E-state index contributed by atoms with van der Waals surface area (Å²) in [6.07, 6.45) is 1.09. The van der Waals surface area contributed by atoms with Gasteiger partial charge in [0.2, 0.25) is 11.8 Å². The number of fused-ring (bicyclic) bond motifs is 1. The molecule has 0 fully saturated rings. The van der Waals surface area contributed by atoms with E-state index in [2.05, 4.69) is 12.2 Å². The first-order valence-electron chi connectivity index (χ1n) is 9.37. The molecule has 1 atom stereocenters. The van der Waals surface area contributed by atoms with Gasteiger partial charge in [0, 0.05) is 24.4 Å². The van der Waals surface area contributed by atoms with Crippen LogP contribution in [0.15, 0.2) is 30.3 Å². The smallest absolute Gasteiger partial charge is 0.264 e. The summed E-state index contributed by atoms with van der Waals surface area (Å²) in [5.41, 5.74) is 2.43. The lowest BCUT2D eigenvalue weighted by molar-refractivity contribution is -0.119. The van der Waals surface area contributed by atoms with Gasteiger partial charge in [-0.15, -0.1) is 11.3 Å². The summed E-state index contributed by atoms with van der Waals surface area (Å²) in [6, 6.07) is 8.86. The van der Waals surface area contributed by atoms with E-state index >= 15 is 0 Å². The lowest BCUT2D eigenvalue weighted by Crippen LogP contribution is -2.45. The fourth-order valence-corrected chi connectivity index (χ4v) is 4.59. The minimum Gasteiger partial charge on any atom is -0.332 e. The summed E-state index contributed by atoms with van der Waals surface area (Å²) in [5.74, 6) is -0.497. The number of carbonyl (C=O) groups is 3. The maximum absolute atomic E-state index is 13.1. The summed E-state index contributed by atoms with van der Waals surface area (Å²) in [5, 5.41) is 2.84. The van der Waals surface area contributed by atoms with Crippen LogP contribution in [-0.2, 0) is 16.0 Å². The third kappa shape index (κ3) is 3.94. The Bertz CT molecular complexity index is 921. The number of likely N-dealkylation sites (N-methyl/N-ethyl adjacent to an activating group) is 1. The molecule has 0 saturated heterocycles. The molecule has 3 amide bonds. The van der Waals surface area contributed by atoms with Crippen LogP contribution in [0.1, 0.15) is 40.4 Å². The maximum atomic E-state index is 13.1. The van der Waals surface area contributed by atoms with Crippen molar-refractivity contribution in [2.24, 2.45) is 0 Å². The molecule has 0 spiro atoms. The minimum absolute atomic E-state index is 0.0515. The van der Waals surface area contributed by atoms with Gasteiger partial charge in [-0.1, -0.05) is 19.1 Å². The van der Waals surface area contributed by atoms with Crippen molar-refractivity contribution in [2.75, 3.05) is 23.8 Å². The van der Waals surface area contributed by atoms with Gasteiger partial charge >= 0.3 is 0 Å². The Balaban J connectivity index is 1.81. The predicted octanol–water partition coefficient (Wildman–Crippen LogP) is 3.45. The number of thiophene rings is 1. The molecule has 7 heteroatoms. The van der Waals surface area contributed by atoms with Crippen LogP contribution in [0.25, 0.3) is 0 Å². The van der Waals surface area contributed by atoms with Crippen LogP contribution in [0.5, 0.6) is 0 Å². The van der Waals surface area contributed by atoms with Crippen molar-refractivity contribution in [3.8, 4) is 0 Å². The normalized spacial score (nSPS) is 16.2. The standard InChI is InChI=1S/C21H25N3O3S/c1-5-15-11-18(28-14(15)3)21(27)23(4)12-20(26)24-13(2)10-19(25)22-16-8-6-7-9-17(16)24/h6-9,11,13H,5,10,12H2,1-4H3,(H,22,25)/t13-/m1/s1. The maximum Gasteiger partial charge on any atom is 0.264 e. The number of aryl methyl sites for hydroxylation is 2. The van der Waals surface area contributed by atoms with Crippen LogP contribution < -0.4 is 10.2 Å². The van der Waals surface area contributed by atoms with E-state index in [1.165, 1.54) is 16.2 Å².